The maximum atomic E-state index is 12.8. The topological polar surface area (TPSA) is 54.8 Å². The lowest BCUT2D eigenvalue weighted by Crippen LogP contribution is -2.45. The molecule has 6 nitrogen and oxygen atoms in total. The molecule has 0 aliphatic carbocycles. The van der Waals surface area contributed by atoms with Gasteiger partial charge in [0.05, 0.1) is 13.1 Å². The van der Waals surface area contributed by atoms with Crippen LogP contribution < -0.4 is 0 Å². The molecule has 6 heteroatoms. The summed E-state index contributed by atoms with van der Waals surface area (Å²) >= 11 is 0. The first-order valence-electron chi connectivity index (χ1n) is 8.53. The van der Waals surface area contributed by atoms with Crippen LogP contribution in [0.25, 0.3) is 0 Å². The highest BCUT2D eigenvalue weighted by molar-refractivity contribution is 5.85. The van der Waals surface area contributed by atoms with Gasteiger partial charge in [0.15, 0.2) is 0 Å². The Morgan fingerprint density at radius 1 is 1.25 bits per heavy atom. The van der Waals surface area contributed by atoms with Crippen LogP contribution in [0.15, 0.2) is 18.3 Å². The lowest BCUT2D eigenvalue weighted by molar-refractivity contribution is -0.143. The van der Waals surface area contributed by atoms with Crippen molar-refractivity contribution >= 4 is 11.8 Å². The maximum absolute atomic E-state index is 12.8. The van der Waals surface area contributed by atoms with Gasteiger partial charge >= 0.3 is 0 Å². The van der Waals surface area contributed by atoms with Crippen molar-refractivity contribution < 1.29 is 14.3 Å². The molecule has 24 heavy (non-hydrogen) atoms. The molecule has 0 aliphatic rings. The highest BCUT2D eigenvalue weighted by Gasteiger charge is 2.22. The van der Waals surface area contributed by atoms with Crippen LogP contribution in [-0.4, -0.2) is 59.5 Å². The summed E-state index contributed by atoms with van der Waals surface area (Å²) in [6, 6.07) is 3.99. The molecule has 0 fully saturated rings. The third-order valence-electron chi connectivity index (χ3n) is 3.78. The van der Waals surface area contributed by atoms with Crippen molar-refractivity contribution in [3.05, 3.63) is 24.0 Å². The molecular formula is C18H31N3O3. The Morgan fingerprint density at radius 3 is 2.46 bits per heavy atom. The number of aryl methyl sites for hydroxylation is 1. The van der Waals surface area contributed by atoms with E-state index in [1.54, 1.807) is 4.90 Å². The van der Waals surface area contributed by atoms with Crippen LogP contribution in [0, 0.1) is 5.92 Å². The highest BCUT2D eigenvalue weighted by Crippen LogP contribution is 2.09. The zero-order chi connectivity index (χ0) is 18.1. The van der Waals surface area contributed by atoms with Gasteiger partial charge in [-0.25, -0.2) is 0 Å². The Labute approximate surface area is 145 Å². The lowest BCUT2D eigenvalue weighted by atomic mass is 10.2. The van der Waals surface area contributed by atoms with Crippen molar-refractivity contribution in [1.82, 2.24) is 14.4 Å². The van der Waals surface area contributed by atoms with Crippen molar-refractivity contribution in [1.29, 1.82) is 0 Å². The second-order valence-electron chi connectivity index (χ2n) is 6.53. The fourth-order valence-electron chi connectivity index (χ4n) is 2.59. The van der Waals surface area contributed by atoms with E-state index < -0.39 is 0 Å². The van der Waals surface area contributed by atoms with Crippen molar-refractivity contribution in [3.63, 3.8) is 0 Å². The largest absolute Gasteiger partial charge is 0.375 e. The summed E-state index contributed by atoms with van der Waals surface area (Å²) < 4.78 is 6.93. The first-order valence-corrected chi connectivity index (χ1v) is 8.53. The molecule has 1 rings (SSSR count). The SMILES string of the molecule is CCCN(CC(=O)N(Cc1cccn1C)CC(C)C)C(=O)COC. The number of amides is 2. The van der Waals surface area contributed by atoms with E-state index in [1.807, 2.05) is 41.8 Å². The van der Waals surface area contributed by atoms with Crippen molar-refractivity contribution in [2.24, 2.45) is 13.0 Å². The van der Waals surface area contributed by atoms with E-state index in [0.717, 1.165) is 12.1 Å². The molecule has 0 spiro atoms. The molecular weight excluding hydrogens is 306 g/mol. The number of carbonyl (C=O) groups excluding carboxylic acids is 2. The predicted octanol–water partition coefficient (Wildman–Crippen LogP) is 1.89. The lowest BCUT2D eigenvalue weighted by Gasteiger charge is -2.28. The molecule has 136 valence electrons. The molecule has 1 heterocycles. The van der Waals surface area contributed by atoms with Crippen molar-refractivity contribution in [2.75, 3.05) is 33.4 Å². The number of methoxy groups -OCH3 is 1. The molecule has 0 radical (unpaired) electrons. The van der Waals surface area contributed by atoms with Gasteiger partial charge in [0.2, 0.25) is 11.8 Å². The molecule has 0 aromatic carbocycles. The molecule has 0 saturated carbocycles. The minimum absolute atomic E-state index is 0.00920. The normalized spacial score (nSPS) is 10.9. The predicted molar refractivity (Wildman–Crippen MR) is 94.4 cm³/mol. The number of nitrogens with zero attached hydrogens (tertiary/aromatic N) is 3. The number of aromatic nitrogens is 1. The average molecular weight is 337 g/mol. The number of rotatable bonds is 10. The fraction of sp³-hybridized carbons (Fsp3) is 0.667. The molecule has 0 N–H and O–H groups in total. The number of carbonyl (C=O) groups is 2. The monoisotopic (exact) mass is 337 g/mol. The smallest absolute Gasteiger partial charge is 0.249 e. The summed E-state index contributed by atoms with van der Waals surface area (Å²) in [6.07, 6.45) is 2.78. The first-order chi connectivity index (χ1) is 11.4. The van der Waals surface area contributed by atoms with E-state index in [1.165, 1.54) is 7.11 Å². The van der Waals surface area contributed by atoms with Crippen molar-refractivity contribution in [2.45, 2.75) is 33.7 Å². The highest BCUT2D eigenvalue weighted by atomic mass is 16.5. The Hall–Kier alpha value is -1.82. The Kier molecular flexibility index (Phi) is 8.54. The van der Waals surface area contributed by atoms with E-state index in [4.69, 9.17) is 4.74 Å². The third kappa shape index (κ3) is 6.35. The fourth-order valence-corrected chi connectivity index (χ4v) is 2.59. The third-order valence-corrected chi connectivity index (χ3v) is 3.78. The van der Waals surface area contributed by atoms with Crippen LogP contribution in [-0.2, 0) is 27.9 Å². The Balaban J connectivity index is 2.81. The molecule has 0 saturated heterocycles. The van der Waals surface area contributed by atoms with Gasteiger partial charge in [-0.1, -0.05) is 20.8 Å². The van der Waals surface area contributed by atoms with Crippen molar-refractivity contribution in [3.8, 4) is 0 Å². The zero-order valence-corrected chi connectivity index (χ0v) is 15.6. The number of ether oxygens (including phenoxy) is 1. The summed E-state index contributed by atoms with van der Waals surface area (Å²) in [5.41, 5.74) is 1.08. The van der Waals surface area contributed by atoms with Gasteiger partial charge in [0.1, 0.15) is 6.61 Å². The molecule has 1 aromatic heterocycles. The maximum Gasteiger partial charge on any atom is 0.249 e. The minimum atomic E-state index is -0.143. The van der Waals surface area contributed by atoms with Gasteiger partial charge in [-0.05, 0) is 24.5 Å². The minimum Gasteiger partial charge on any atom is -0.375 e. The molecule has 2 amide bonds. The van der Waals surface area contributed by atoms with Gasteiger partial charge in [0, 0.05) is 39.1 Å². The quantitative estimate of drug-likeness (QED) is 0.655. The summed E-state index contributed by atoms with van der Waals surface area (Å²) in [7, 11) is 3.46. The van der Waals surface area contributed by atoms with Gasteiger partial charge in [-0.2, -0.15) is 0 Å². The molecule has 0 unspecified atom stereocenters. The summed E-state index contributed by atoms with van der Waals surface area (Å²) in [4.78, 5) is 28.3. The summed E-state index contributed by atoms with van der Waals surface area (Å²) in [6.45, 7) is 8.07. The van der Waals surface area contributed by atoms with Crippen LogP contribution in [0.5, 0.6) is 0 Å². The second-order valence-corrected chi connectivity index (χ2v) is 6.53. The summed E-state index contributed by atoms with van der Waals surface area (Å²) in [5, 5.41) is 0. The van der Waals surface area contributed by atoms with E-state index >= 15 is 0 Å². The van der Waals surface area contributed by atoms with Gasteiger partial charge < -0.3 is 19.1 Å². The number of hydrogen-bond donors (Lipinski definition) is 0. The van der Waals surface area contributed by atoms with Gasteiger partial charge in [-0.3, -0.25) is 9.59 Å². The van der Waals surface area contributed by atoms with Gasteiger partial charge in [0.25, 0.3) is 0 Å². The van der Waals surface area contributed by atoms with E-state index in [0.29, 0.717) is 25.6 Å². The first kappa shape index (κ1) is 20.2. The second kappa shape index (κ2) is 10.1. The van der Waals surface area contributed by atoms with Crippen LogP contribution in [0.1, 0.15) is 32.9 Å². The molecule has 0 atom stereocenters. The van der Waals surface area contributed by atoms with Crippen LogP contribution >= 0.6 is 0 Å². The molecule has 1 aromatic rings. The number of hydrogen-bond acceptors (Lipinski definition) is 3. The standard InChI is InChI=1S/C18H31N3O3/c1-6-9-20(18(23)14-24-5)13-17(22)21(11-15(2)3)12-16-8-7-10-19(16)4/h7-8,10,15H,6,9,11-14H2,1-5H3. The van der Waals surface area contributed by atoms with E-state index in [-0.39, 0.29) is 25.0 Å². The van der Waals surface area contributed by atoms with Crippen LogP contribution in [0.2, 0.25) is 0 Å². The zero-order valence-electron chi connectivity index (χ0n) is 15.6. The molecule has 0 aliphatic heterocycles. The van der Waals surface area contributed by atoms with E-state index in [9.17, 15) is 9.59 Å². The Bertz CT molecular complexity index is 525. The van der Waals surface area contributed by atoms with Crippen LogP contribution in [0.4, 0.5) is 0 Å². The summed E-state index contributed by atoms with van der Waals surface area (Å²) in [5.74, 6) is 0.197. The Morgan fingerprint density at radius 2 is 1.96 bits per heavy atom. The van der Waals surface area contributed by atoms with Crippen LogP contribution in [0.3, 0.4) is 0 Å². The average Bonchev–Trinajstić information content (AvgIpc) is 2.91. The van der Waals surface area contributed by atoms with E-state index in [2.05, 4.69) is 13.8 Å². The molecule has 0 bridgehead atoms. The van der Waals surface area contributed by atoms with Gasteiger partial charge in [-0.15, -0.1) is 0 Å².